The van der Waals surface area contributed by atoms with Gasteiger partial charge in [-0.3, -0.25) is 9.59 Å². The molecule has 2 heterocycles. The summed E-state index contributed by atoms with van der Waals surface area (Å²) in [5.41, 5.74) is 0.870. The fourth-order valence-corrected chi connectivity index (χ4v) is 2.78. The van der Waals surface area contributed by atoms with E-state index < -0.39 is 0 Å². The van der Waals surface area contributed by atoms with Gasteiger partial charge in [0.25, 0.3) is 5.56 Å². The molecule has 0 radical (unpaired) electrons. The highest BCUT2D eigenvalue weighted by Gasteiger charge is 2.26. The molecule has 1 unspecified atom stereocenters. The second kappa shape index (κ2) is 6.64. The Morgan fingerprint density at radius 1 is 1.35 bits per heavy atom. The molecule has 6 heteroatoms. The van der Waals surface area contributed by atoms with Gasteiger partial charge in [0.05, 0.1) is 6.42 Å². The molecule has 1 aromatic carbocycles. The maximum Gasteiger partial charge on any atom is 0.293 e. The largest absolute Gasteiger partial charge is 0.361 e. The minimum atomic E-state index is -0.151. The van der Waals surface area contributed by atoms with E-state index >= 15 is 0 Å². The van der Waals surface area contributed by atoms with Crippen LogP contribution in [0.1, 0.15) is 12.0 Å². The van der Waals surface area contributed by atoms with Crippen LogP contribution < -0.4 is 10.9 Å². The van der Waals surface area contributed by atoms with Crippen LogP contribution in [-0.2, 0) is 18.3 Å². The number of aromatic nitrogens is 2. The van der Waals surface area contributed by atoms with Crippen molar-refractivity contribution in [1.29, 1.82) is 0 Å². The highest BCUT2D eigenvalue weighted by Crippen LogP contribution is 2.14. The Labute approximate surface area is 134 Å². The van der Waals surface area contributed by atoms with Crippen molar-refractivity contribution in [1.82, 2.24) is 14.5 Å². The van der Waals surface area contributed by atoms with Crippen LogP contribution in [-0.4, -0.2) is 39.5 Å². The molecule has 120 valence electrons. The molecular formula is C17H20N4O2. The standard InChI is InChI=1S/C17H20N4O2/c1-20-10-8-18-16(17(20)23)19-14-7-9-21(12-14)15(22)11-13-5-3-2-4-6-13/h2-6,8,10,14H,7,9,11-12H2,1H3,(H,18,19). The second-order valence-corrected chi connectivity index (χ2v) is 5.82. The number of aryl methyl sites for hydroxylation is 1. The molecule has 1 aliphatic rings. The van der Waals surface area contributed by atoms with Crippen LogP contribution in [0.3, 0.4) is 0 Å². The average molecular weight is 312 g/mol. The molecule has 0 aliphatic carbocycles. The molecule has 1 N–H and O–H groups in total. The van der Waals surface area contributed by atoms with Crippen LogP contribution in [0.25, 0.3) is 0 Å². The highest BCUT2D eigenvalue weighted by atomic mass is 16.2. The molecule has 1 aliphatic heterocycles. The van der Waals surface area contributed by atoms with Gasteiger partial charge in [0.2, 0.25) is 5.91 Å². The summed E-state index contributed by atoms with van der Waals surface area (Å²) in [6.07, 6.45) is 4.45. The summed E-state index contributed by atoms with van der Waals surface area (Å²) < 4.78 is 1.49. The fourth-order valence-electron chi connectivity index (χ4n) is 2.78. The third-order valence-electron chi connectivity index (χ3n) is 4.10. The molecule has 23 heavy (non-hydrogen) atoms. The topological polar surface area (TPSA) is 67.2 Å². The van der Waals surface area contributed by atoms with Crippen LogP contribution in [0.5, 0.6) is 0 Å². The summed E-state index contributed by atoms with van der Waals surface area (Å²) in [5.74, 6) is 0.465. The first-order valence-electron chi connectivity index (χ1n) is 7.73. The Morgan fingerprint density at radius 3 is 2.91 bits per heavy atom. The van der Waals surface area contributed by atoms with Crippen LogP contribution in [0.15, 0.2) is 47.5 Å². The minimum Gasteiger partial charge on any atom is -0.361 e. The van der Waals surface area contributed by atoms with E-state index in [2.05, 4.69) is 10.3 Å². The van der Waals surface area contributed by atoms with E-state index in [9.17, 15) is 9.59 Å². The molecule has 0 spiro atoms. The van der Waals surface area contributed by atoms with Gasteiger partial charge in [-0.2, -0.15) is 0 Å². The zero-order chi connectivity index (χ0) is 16.2. The number of hydrogen-bond acceptors (Lipinski definition) is 4. The molecule has 1 amide bonds. The first-order valence-corrected chi connectivity index (χ1v) is 7.73. The molecule has 3 rings (SSSR count). The number of likely N-dealkylation sites (tertiary alicyclic amines) is 1. The summed E-state index contributed by atoms with van der Waals surface area (Å²) in [5, 5.41) is 3.16. The Hall–Kier alpha value is -2.63. The quantitative estimate of drug-likeness (QED) is 0.916. The third-order valence-corrected chi connectivity index (χ3v) is 4.10. The van der Waals surface area contributed by atoms with Gasteiger partial charge in [-0.15, -0.1) is 0 Å². The Bertz CT molecular complexity index is 742. The van der Waals surface area contributed by atoms with Crippen molar-refractivity contribution >= 4 is 11.7 Å². The smallest absolute Gasteiger partial charge is 0.293 e. The predicted molar refractivity (Wildman–Crippen MR) is 88.2 cm³/mol. The molecule has 0 saturated carbocycles. The Balaban J connectivity index is 1.59. The normalized spacial score (nSPS) is 17.3. The molecule has 1 atom stereocenters. The Kier molecular flexibility index (Phi) is 4.41. The van der Waals surface area contributed by atoms with Crippen molar-refractivity contribution < 1.29 is 4.79 Å². The Morgan fingerprint density at radius 2 is 2.13 bits per heavy atom. The number of benzene rings is 1. The number of anilines is 1. The lowest BCUT2D eigenvalue weighted by atomic mass is 10.1. The van der Waals surface area contributed by atoms with Gasteiger partial charge >= 0.3 is 0 Å². The number of rotatable bonds is 4. The van der Waals surface area contributed by atoms with Crippen molar-refractivity contribution in [2.45, 2.75) is 18.9 Å². The van der Waals surface area contributed by atoms with Gasteiger partial charge in [0, 0.05) is 38.6 Å². The summed E-state index contributed by atoms with van der Waals surface area (Å²) in [6, 6.07) is 9.80. The molecular weight excluding hydrogens is 292 g/mol. The number of carbonyl (C=O) groups is 1. The number of nitrogens with zero attached hydrogens (tertiary/aromatic N) is 3. The minimum absolute atomic E-state index is 0.0670. The lowest BCUT2D eigenvalue weighted by Crippen LogP contribution is -2.34. The summed E-state index contributed by atoms with van der Waals surface area (Å²) in [4.78, 5) is 30.3. The van der Waals surface area contributed by atoms with E-state index in [1.807, 2.05) is 35.2 Å². The lowest BCUT2D eigenvalue weighted by Gasteiger charge is -2.17. The number of carbonyl (C=O) groups excluding carboxylic acids is 1. The van der Waals surface area contributed by atoms with Crippen molar-refractivity contribution in [3.05, 3.63) is 58.6 Å². The molecule has 0 bridgehead atoms. The first kappa shape index (κ1) is 15.3. The van der Waals surface area contributed by atoms with Gasteiger partial charge in [0.1, 0.15) is 0 Å². The van der Waals surface area contributed by atoms with Gasteiger partial charge in [-0.25, -0.2) is 4.98 Å². The van der Waals surface area contributed by atoms with Crippen molar-refractivity contribution in [2.75, 3.05) is 18.4 Å². The molecule has 6 nitrogen and oxygen atoms in total. The molecule has 1 fully saturated rings. The monoisotopic (exact) mass is 312 g/mol. The zero-order valence-corrected chi connectivity index (χ0v) is 13.1. The van der Waals surface area contributed by atoms with Crippen molar-refractivity contribution in [3.8, 4) is 0 Å². The first-order chi connectivity index (χ1) is 11.1. The second-order valence-electron chi connectivity index (χ2n) is 5.82. The van der Waals surface area contributed by atoms with E-state index in [0.29, 0.717) is 25.3 Å². The third kappa shape index (κ3) is 3.59. The van der Waals surface area contributed by atoms with Crippen LogP contribution in [0.2, 0.25) is 0 Å². The molecule has 1 saturated heterocycles. The van der Waals surface area contributed by atoms with Crippen LogP contribution in [0, 0.1) is 0 Å². The molecule has 1 aromatic heterocycles. The summed E-state index contributed by atoms with van der Waals surface area (Å²) in [7, 11) is 1.69. The zero-order valence-electron chi connectivity index (χ0n) is 13.1. The summed E-state index contributed by atoms with van der Waals surface area (Å²) >= 11 is 0. The lowest BCUT2D eigenvalue weighted by molar-refractivity contribution is -0.129. The van der Waals surface area contributed by atoms with Crippen molar-refractivity contribution in [3.63, 3.8) is 0 Å². The highest BCUT2D eigenvalue weighted by molar-refractivity contribution is 5.79. The van der Waals surface area contributed by atoms with Gasteiger partial charge in [0.15, 0.2) is 5.82 Å². The fraction of sp³-hybridized carbons (Fsp3) is 0.353. The molecule has 2 aromatic rings. The maximum atomic E-state index is 12.4. The number of amides is 1. The van der Waals surface area contributed by atoms with Gasteiger partial charge in [-0.05, 0) is 12.0 Å². The summed E-state index contributed by atoms with van der Waals surface area (Å²) in [6.45, 7) is 1.31. The maximum absolute atomic E-state index is 12.4. The van der Waals surface area contributed by atoms with Gasteiger partial charge < -0.3 is 14.8 Å². The van der Waals surface area contributed by atoms with E-state index in [1.54, 1.807) is 19.4 Å². The number of hydrogen-bond donors (Lipinski definition) is 1. The van der Waals surface area contributed by atoms with Crippen LogP contribution in [0.4, 0.5) is 5.82 Å². The predicted octanol–water partition coefficient (Wildman–Crippen LogP) is 1.04. The van der Waals surface area contributed by atoms with Crippen molar-refractivity contribution in [2.24, 2.45) is 7.05 Å². The van der Waals surface area contributed by atoms with E-state index in [4.69, 9.17) is 0 Å². The van der Waals surface area contributed by atoms with E-state index in [1.165, 1.54) is 4.57 Å². The van der Waals surface area contributed by atoms with Crippen LogP contribution >= 0.6 is 0 Å². The SMILES string of the molecule is Cn1ccnc(NC2CCN(C(=O)Cc3ccccc3)C2)c1=O. The van der Waals surface area contributed by atoms with E-state index in [0.717, 1.165) is 12.0 Å². The van der Waals surface area contributed by atoms with E-state index in [-0.39, 0.29) is 17.5 Å². The average Bonchev–Trinajstić information content (AvgIpc) is 3.02. The number of nitrogens with one attached hydrogen (secondary N) is 1. The van der Waals surface area contributed by atoms with Gasteiger partial charge in [-0.1, -0.05) is 30.3 Å².